The maximum Gasteiger partial charge on any atom is 0.0339 e. The first-order valence-electron chi connectivity index (χ1n) is 4.78. The van der Waals surface area contributed by atoms with Crippen molar-refractivity contribution in [1.82, 2.24) is 4.90 Å². The van der Waals surface area contributed by atoms with E-state index in [9.17, 15) is 0 Å². The van der Waals surface area contributed by atoms with Gasteiger partial charge in [0.25, 0.3) is 0 Å². The highest BCUT2D eigenvalue weighted by atomic mass is 79.9. The van der Waals surface area contributed by atoms with Crippen molar-refractivity contribution in [3.8, 4) is 0 Å². The summed E-state index contributed by atoms with van der Waals surface area (Å²) in [6.45, 7) is 5.58. The van der Waals surface area contributed by atoms with Gasteiger partial charge in [-0.2, -0.15) is 0 Å². The van der Waals surface area contributed by atoms with Crippen molar-refractivity contribution in [1.29, 1.82) is 0 Å². The molecule has 0 bridgehead atoms. The Bertz CT molecular complexity index is 262. The number of rotatable bonds is 6. The van der Waals surface area contributed by atoms with Gasteiger partial charge in [-0.1, -0.05) is 22.9 Å². The van der Waals surface area contributed by atoms with Gasteiger partial charge in [-0.05, 0) is 46.9 Å². The molecule has 1 aromatic heterocycles. The van der Waals surface area contributed by atoms with Crippen LogP contribution in [-0.4, -0.2) is 23.3 Å². The summed E-state index contributed by atoms with van der Waals surface area (Å²) in [4.78, 5) is 3.90. The minimum Gasteiger partial charge on any atom is -0.298 e. The largest absolute Gasteiger partial charge is 0.298 e. The van der Waals surface area contributed by atoms with E-state index in [1.54, 1.807) is 0 Å². The SMILES string of the molecule is CCN(CCCBr)Cc1sccc1Br. The average molecular weight is 341 g/mol. The summed E-state index contributed by atoms with van der Waals surface area (Å²) < 4.78 is 1.25. The molecule has 0 fully saturated rings. The second-order valence-corrected chi connectivity index (χ2v) is 5.75. The fraction of sp³-hybridized carbons (Fsp3) is 0.600. The highest BCUT2D eigenvalue weighted by Crippen LogP contribution is 2.24. The van der Waals surface area contributed by atoms with Crippen LogP contribution < -0.4 is 0 Å². The molecule has 0 saturated carbocycles. The lowest BCUT2D eigenvalue weighted by Gasteiger charge is -2.19. The fourth-order valence-electron chi connectivity index (χ4n) is 1.27. The molecule has 0 amide bonds. The normalized spacial score (nSPS) is 11.1. The number of thiophene rings is 1. The highest BCUT2D eigenvalue weighted by Gasteiger charge is 2.06. The standard InChI is InChI=1S/C10H15Br2NS/c1-2-13(6-3-5-11)8-10-9(12)4-7-14-10/h4,7H,2-3,5-6,8H2,1H3. The Balaban J connectivity index is 2.44. The van der Waals surface area contributed by atoms with Gasteiger partial charge < -0.3 is 0 Å². The summed E-state index contributed by atoms with van der Waals surface area (Å²) in [5, 5.41) is 3.23. The van der Waals surface area contributed by atoms with Crippen LogP contribution in [-0.2, 0) is 6.54 Å². The van der Waals surface area contributed by atoms with Crippen LogP contribution in [0.2, 0.25) is 0 Å². The monoisotopic (exact) mass is 339 g/mol. The zero-order valence-electron chi connectivity index (χ0n) is 8.30. The maximum atomic E-state index is 3.57. The van der Waals surface area contributed by atoms with Crippen LogP contribution in [0.5, 0.6) is 0 Å². The van der Waals surface area contributed by atoms with Crippen LogP contribution in [0.1, 0.15) is 18.2 Å². The lowest BCUT2D eigenvalue weighted by molar-refractivity contribution is 0.284. The second kappa shape index (κ2) is 6.99. The fourth-order valence-corrected chi connectivity index (χ4v) is 3.04. The predicted molar refractivity (Wildman–Crippen MR) is 71.4 cm³/mol. The summed E-state index contributed by atoms with van der Waals surface area (Å²) in [5.74, 6) is 0. The van der Waals surface area contributed by atoms with Gasteiger partial charge in [0, 0.05) is 21.2 Å². The van der Waals surface area contributed by atoms with Gasteiger partial charge in [-0.25, -0.2) is 0 Å². The molecule has 0 saturated heterocycles. The molecule has 0 aliphatic rings. The van der Waals surface area contributed by atoms with Gasteiger partial charge in [-0.3, -0.25) is 4.90 Å². The van der Waals surface area contributed by atoms with Gasteiger partial charge in [0.2, 0.25) is 0 Å². The van der Waals surface area contributed by atoms with Crippen LogP contribution in [0, 0.1) is 0 Å². The van der Waals surface area contributed by atoms with Crippen molar-refractivity contribution >= 4 is 43.2 Å². The van der Waals surface area contributed by atoms with E-state index in [0.29, 0.717) is 0 Å². The summed E-state index contributed by atoms with van der Waals surface area (Å²) in [5.41, 5.74) is 0. The van der Waals surface area contributed by atoms with Gasteiger partial charge in [0.1, 0.15) is 0 Å². The molecule has 1 aromatic rings. The Hall–Kier alpha value is 0.620. The molecule has 0 aliphatic heterocycles. The van der Waals surface area contributed by atoms with Crippen molar-refractivity contribution in [3.05, 3.63) is 20.8 Å². The predicted octanol–water partition coefficient (Wildman–Crippen LogP) is 4.12. The Morgan fingerprint density at radius 3 is 2.79 bits per heavy atom. The van der Waals surface area contributed by atoms with E-state index in [4.69, 9.17) is 0 Å². The third kappa shape index (κ3) is 4.01. The molecular weight excluding hydrogens is 326 g/mol. The van der Waals surface area contributed by atoms with Crippen LogP contribution in [0.4, 0.5) is 0 Å². The van der Waals surface area contributed by atoms with E-state index in [1.165, 1.54) is 22.3 Å². The van der Waals surface area contributed by atoms with Crippen molar-refractivity contribution in [2.45, 2.75) is 19.9 Å². The third-order valence-corrected chi connectivity index (χ3v) is 4.59. The second-order valence-electron chi connectivity index (χ2n) is 3.10. The van der Waals surface area contributed by atoms with Gasteiger partial charge >= 0.3 is 0 Å². The molecule has 0 radical (unpaired) electrons. The Morgan fingerprint density at radius 1 is 1.50 bits per heavy atom. The molecule has 0 atom stereocenters. The first-order chi connectivity index (χ1) is 6.77. The average Bonchev–Trinajstić information content (AvgIpc) is 2.59. The Labute approximate surface area is 107 Å². The molecule has 1 rings (SSSR count). The Morgan fingerprint density at radius 2 is 2.29 bits per heavy atom. The number of alkyl halides is 1. The van der Waals surface area contributed by atoms with E-state index in [1.807, 2.05) is 11.3 Å². The smallest absolute Gasteiger partial charge is 0.0339 e. The van der Waals surface area contributed by atoms with Crippen LogP contribution in [0.25, 0.3) is 0 Å². The third-order valence-electron chi connectivity index (χ3n) is 2.11. The lowest BCUT2D eigenvalue weighted by atomic mass is 10.3. The first-order valence-corrected chi connectivity index (χ1v) is 7.57. The molecule has 80 valence electrons. The molecule has 0 aliphatic carbocycles. The summed E-state index contributed by atoms with van der Waals surface area (Å²) in [6, 6.07) is 2.12. The van der Waals surface area contributed by atoms with Crippen molar-refractivity contribution < 1.29 is 0 Å². The van der Waals surface area contributed by atoms with E-state index < -0.39 is 0 Å². The van der Waals surface area contributed by atoms with Gasteiger partial charge in [0.05, 0.1) is 0 Å². The Kier molecular flexibility index (Phi) is 6.33. The first kappa shape index (κ1) is 12.7. The molecule has 0 N–H and O–H groups in total. The molecule has 0 aromatic carbocycles. The number of nitrogens with zero attached hydrogens (tertiary/aromatic N) is 1. The minimum atomic E-state index is 1.07. The molecule has 0 unspecified atom stereocenters. The maximum absolute atomic E-state index is 3.57. The quantitative estimate of drug-likeness (QED) is 0.704. The van der Waals surface area contributed by atoms with E-state index in [2.05, 4.69) is 55.1 Å². The van der Waals surface area contributed by atoms with Crippen LogP contribution in [0.15, 0.2) is 15.9 Å². The molecule has 0 spiro atoms. The minimum absolute atomic E-state index is 1.07. The van der Waals surface area contributed by atoms with E-state index in [0.717, 1.165) is 18.4 Å². The molecule has 1 nitrogen and oxygen atoms in total. The topological polar surface area (TPSA) is 3.24 Å². The number of hydrogen-bond acceptors (Lipinski definition) is 2. The summed E-state index contributed by atoms with van der Waals surface area (Å²) >= 11 is 8.86. The molecule has 14 heavy (non-hydrogen) atoms. The van der Waals surface area contributed by atoms with E-state index >= 15 is 0 Å². The van der Waals surface area contributed by atoms with Gasteiger partial charge in [-0.15, -0.1) is 11.3 Å². The summed E-state index contributed by atoms with van der Waals surface area (Å²) in [7, 11) is 0. The van der Waals surface area contributed by atoms with Crippen LogP contribution >= 0.6 is 43.2 Å². The van der Waals surface area contributed by atoms with Crippen LogP contribution in [0.3, 0.4) is 0 Å². The lowest BCUT2D eigenvalue weighted by Crippen LogP contribution is -2.23. The number of halogens is 2. The number of hydrogen-bond donors (Lipinski definition) is 0. The molecule has 1 heterocycles. The zero-order chi connectivity index (χ0) is 10.4. The van der Waals surface area contributed by atoms with Crippen molar-refractivity contribution in [2.75, 3.05) is 18.4 Å². The molecule has 4 heteroatoms. The summed E-state index contributed by atoms with van der Waals surface area (Å²) in [6.07, 6.45) is 1.22. The zero-order valence-corrected chi connectivity index (χ0v) is 12.3. The highest BCUT2D eigenvalue weighted by molar-refractivity contribution is 9.10. The molecular formula is C10H15Br2NS. The van der Waals surface area contributed by atoms with Gasteiger partial charge in [0.15, 0.2) is 0 Å². The van der Waals surface area contributed by atoms with Crippen molar-refractivity contribution in [3.63, 3.8) is 0 Å². The van der Waals surface area contributed by atoms with E-state index in [-0.39, 0.29) is 0 Å². The van der Waals surface area contributed by atoms with Crippen molar-refractivity contribution in [2.24, 2.45) is 0 Å².